The van der Waals surface area contributed by atoms with Crippen LogP contribution in [0.4, 0.5) is 5.69 Å². The summed E-state index contributed by atoms with van der Waals surface area (Å²) in [6, 6.07) is 6.04. The van der Waals surface area contributed by atoms with Crippen LogP contribution in [0, 0.1) is 13.8 Å². The van der Waals surface area contributed by atoms with Crippen molar-refractivity contribution in [2.24, 2.45) is 0 Å². The fourth-order valence-corrected chi connectivity index (χ4v) is 1.76. The molecule has 0 atom stereocenters. The summed E-state index contributed by atoms with van der Waals surface area (Å²) in [5.74, 6) is 0.0975. The van der Waals surface area contributed by atoms with Crippen LogP contribution in [0.2, 0.25) is 0 Å². The van der Waals surface area contributed by atoms with Gasteiger partial charge in [-0.25, -0.2) is 0 Å². The first-order valence-electron chi connectivity index (χ1n) is 6.22. The fraction of sp³-hybridized carbons (Fsp3) is 0.500. The molecule has 0 aromatic heterocycles. The molecule has 0 saturated heterocycles. The molecule has 0 radical (unpaired) electrons. The van der Waals surface area contributed by atoms with Gasteiger partial charge in [-0.15, -0.1) is 0 Å². The minimum atomic E-state index is 0.0975. The van der Waals surface area contributed by atoms with Crippen molar-refractivity contribution < 1.29 is 4.79 Å². The Kier molecular flexibility index (Phi) is 5.70. The van der Waals surface area contributed by atoms with Crippen LogP contribution in [-0.2, 0) is 4.79 Å². The molecule has 94 valence electrons. The van der Waals surface area contributed by atoms with Crippen molar-refractivity contribution in [3.8, 4) is 0 Å². The lowest BCUT2D eigenvalue weighted by Gasteiger charge is -2.11. The molecule has 0 saturated carbocycles. The summed E-state index contributed by atoms with van der Waals surface area (Å²) in [5, 5.41) is 6.20. The molecular weight excluding hydrogens is 212 g/mol. The van der Waals surface area contributed by atoms with Crippen LogP contribution in [0.25, 0.3) is 0 Å². The first-order chi connectivity index (χ1) is 8.15. The van der Waals surface area contributed by atoms with Gasteiger partial charge < -0.3 is 10.6 Å². The summed E-state index contributed by atoms with van der Waals surface area (Å²) >= 11 is 0. The number of carbonyl (C=O) groups excluding carboxylic acids is 1. The predicted octanol–water partition coefficient (Wildman–Crippen LogP) is 2.63. The Morgan fingerprint density at radius 3 is 2.47 bits per heavy atom. The van der Waals surface area contributed by atoms with Crippen LogP contribution in [0.5, 0.6) is 0 Å². The minimum Gasteiger partial charge on any atom is -0.326 e. The minimum absolute atomic E-state index is 0.0975. The zero-order valence-electron chi connectivity index (χ0n) is 11.0. The summed E-state index contributed by atoms with van der Waals surface area (Å²) in [7, 11) is 0. The first kappa shape index (κ1) is 13.7. The molecule has 1 aromatic rings. The van der Waals surface area contributed by atoms with Gasteiger partial charge in [-0.2, -0.15) is 0 Å². The number of anilines is 1. The average molecular weight is 234 g/mol. The Morgan fingerprint density at radius 1 is 1.24 bits per heavy atom. The maximum Gasteiger partial charge on any atom is 0.224 e. The van der Waals surface area contributed by atoms with E-state index in [2.05, 4.69) is 17.6 Å². The molecule has 1 aromatic carbocycles. The van der Waals surface area contributed by atoms with Gasteiger partial charge in [-0.3, -0.25) is 4.79 Å². The van der Waals surface area contributed by atoms with Gasteiger partial charge in [0.2, 0.25) is 5.91 Å². The van der Waals surface area contributed by atoms with Crippen molar-refractivity contribution in [2.75, 3.05) is 18.4 Å². The van der Waals surface area contributed by atoms with E-state index in [1.54, 1.807) is 0 Å². The molecule has 0 fully saturated rings. The Hall–Kier alpha value is -1.35. The van der Waals surface area contributed by atoms with Crippen molar-refractivity contribution in [1.82, 2.24) is 5.32 Å². The zero-order chi connectivity index (χ0) is 12.7. The second-order valence-corrected chi connectivity index (χ2v) is 4.27. The van der Waals surface area contributed by atoms with Crippen LogP contribution < -0.4 is 10.6 Å². The van der Waals surface area contributed by atoms with E-state index in [1.807, 2.05) is 32.0 Å². The Balaban J connectivity index is 2.45. The monoisotopic (exact) mass is 234 g/mol. The number of para-hydroxylation sites is 1. The number of hydrogen-bond acceptors (Lipinski definition) is 2. The van der Waals surface area contributed by atoms with E-state index in [-0.39, 0.29) is 5.91 Å². The van der Waals surface area contributed by atoms with Crippen molar-refractivity contribution in [3.63, 3.8) is 0 Å². The van der Waals surface area contributed by atoms with E-state index >= 15 is 0 Å². The summed E-state index contributed by atoms with van der Waals surface area (Å²) in [4.78, 5) is 11.7. The normalized spacial score (nSPS) is 10.3. The SMILES string of the molecule is CCNCCCC(=O)Nc1c(C)cccc1C. The second kappa shape index (κ2) is 7.07. The molecular formula is C14H22N2O. The van der Waals surface area contributed by atoms with E-state index in [0.717, 1.165) is 36.3 Å². The highest BCUT2D eigenvalue weighted by atomic mass is 16.1. The smallest absolute Gasteiger partial charge is 0.224 e. The molecule has 0 unspecified atom stereocenters. The van der Waals surface area contributed by atoms with Gasteiger partial charge in [0.05, 0.1) is 0 Å². The van der Waals surface area contributed by atoms with E-state index in [1.165, 1.54) is 0 Å². The number of nitrogens with one attached hydrogen (secondary N) is 2. The van der Waals surface area contributed by atoms with Gasteiger partial charge in [0.25, 0.3) is 0 Å². The van der Waals surface area contributed by atoms with Gasteiger partial charge >= 0.3 is 0 Å². The third-order valence-corrected chi connectivity index (χ3v) is 2.75. The number of benzene rings is 1. The molecule has 1 amide bonds. The number of hydrogen-bond donors (Lipinski definition) is 2. The Morgan fingerprint density at radius 2 is 1.88 bits per heavy atom. The number of carbonyl (C=O) groups is 1. The molecule has 3 nitrogen and oxygen atoms in total. The largest absolute Gasteiger partial charge is 0.326 e. The summed E-state index contributed by atoms with van der Waals surface area (Å²) in [6.07, 6.45) is 1.45. The van der Waals surface area contributed by atoms with Crippen molar-refractivity contribution in [1.29, 1.82) is 0 Å². The summed E-state index contributed by atoms with van der Waals surface area (Å²) < 4.78 is 0. The van der Waals surface area contributed by atoms with E-state index in [9.17, 15) is 4.79 Å². The van der Waals surface area contributed by atoms with Crippen LogP contribution in [-0.4, -0.2) is 19.0 Å². The first-order valence-corrected chi connectivity index (χ1v) is 6.22. The molecule has 1 rings (SSSR count). The van der Waals surface area contributed by atoms with E-state index in [4.69, 9.17) is 0 Å². The molecule has 2 N–H and O–H groups in total. The summed E-state index contributed by atoms with van der Waals surface area (Å²) in [5.41, 5.74) is 3.19. The highest BCUT2D eigenvalue weighted by molar-refractivity contribution is 5.92. The highest BCUT2D eigenvalue weighted by Crippen LogP contribution is 2.19. The van der Waals surface area contributed by atoms with Crippen molar-refractivity contribution >= 4 is 11.6 Å². The number of amides is 1. The van der Waals surface area contributed by atoms with Crippen molar-refractivity contribution in [3.05, 3.63) is 29.3 Å². The lowest BCUT2D eigenvalue weighted by Crippen LogP contribution is -2.18. The van der Waals surface area contributed by atoms with E-state index < -0.39 is 0 Å². The summed E-state index contributed by atoms with van der Waals surface area (Å²) in [6.45, 7) is 7.95. The lowest BCUT2D eigenvalue weighted by atomic mass is 10.1. The average Bonchev–Trinajstić information content (AvgIpc) is 2.30. The van der Waals surface area contributed by atoms with Gasteiger partial charge in [0.15, 0.2) is 0 Å². The quantitative estimate of drug-likeness (QED) is 0.743. The third-order valence-electron chi connectivity index (χ3n) is 2.75. The van der Waals surface area contributed by atoms with Gasteiger partial charge in [0.1, 0.15) is 0 Å². The number of aryl methyl sites for hydroxylation is 2. The standard InChI is InChI=1S/C14H22N2O/c1-4-15-10-6-9-13(17)16-14-11(2)7-5-8-12(14)3/h5,7-8,15H,4,6,9-10H2,1-3H3,(H,16,17). The number of rotatable bonds is 6. The van der Waals surface area contributed by atoms with E-state index in [0.29, 0.717) is 6.42 Å². The van der Waals surface area contributed by atoms with Gasteiger partial charge in [0, 0.05) is 12.1 Å². The Bertz CT molecular complexity index is 354. The molecule has 0 spiro atoms. The van der Waals surface area contributed by atoms with Gasteiger partial charge in [-0.1, -0.05) is 25.1 Å². The second-order valence-electron chi connectivity index (χ2n) is 4.27. The van der Waals surface area contributed by atoms with Crippen LogP contribution >= 0.6 is 0 Å². The maximum absolute atomic E-state index is 11.7. The molecule has 0 aliphatic heterocycles. The maximum atomic E-state index is 11.7. The topological polar surface area (TPSA) is 41.1 Å². The highest BCUT2D eigenvalue weighted by Gasteiger charge is 2.06. The zero-order valence-corrected chi connectivity index (χ0v) is 11.0. The van der Waals surface area contributed by atoms with Gasteiger partial charge in [-0.05, 0) is 44.5 Å². The molecule has 0 bridgehead atoms. The fourth-order valence-electron chi connectivity index (χ4n) is 1.76. The third kappa shape index (κ3) is 4.57. The van der Waals surface area contributed by atoms with Crippen LogP contribution in [0.15, 0.2) is 18.2 Å². The van der Waals surface area contributed by atoms with Crippen molar-refractivity contribution in [2.45, 2.75) is 33.6 Å². The Labute approximate surface area is 104 Å². The van der Waals surface area contributed by atoms with Crippen LogP contribution in [0.3, 0.4) is 0 Å². The molecule has 3 heteroatoms. The molecule has 0 aliphatic carbocycles. The van der Waals surface area contributed by atoms with Crippen LogP contribution in [0.1, 0.15) is 30.9 Å². The molecule has 17 heavy (non-hydrogen) atoms. The molecule has 0 aliphatic rings. The molecule has 0 heterocycles. The lowest BCUT2D eigenvalue weighted by molar-refractivity contribution is -0.116. The predicted molar refractivity (Wildman–Crippen MR) is 72.3 cm³/mol.